The number of ether oxygens (including phenoxy) is 4. The van der Waals surface area contributed by atoms with E-state index in [1.165, 1.54) is 13.2 Å². The highest BCUT2D eigenvalue weighted by atomic mass is 19.1. The molecule has 10 heteroatoms. The van der Waals surface area contributed by atoms with Crippen molar-refractivity contribution in [2.75, 3.05) is 20.3 Å². The van der Waals surface area contributed by atoms with Gasteiger partial charge in [-0.1, -0.05) is 30.3 Å². The molecule has 1 aliphatic rings. The molecule has 1 amide bonds. The molecule has 2 N–H and O–H groups in total. The second-order valence-corrected chi connectivity index (χ2v) is 11.4. The predicted octanol–water partition coefficient (Wildman–Crippen LogP) is 5.29. The monoisotopic (exact) mass is 606 g/mol. The molecule has 2 atom stereocenters. The zero-order valence-electron chi connectivity index (χ0n) is 25.5. The summed E-state index contributed by atoms with van der Waals surface area (Å²) < 4.78 is 37.6. The first-order valence-electron chi connectivity index (χ1n) is 14.5. The number of nitrogens with one attached hydrogen (secondary N) is 1. The van der Waals surface area contributed by atoms with Crippen molar-refractivity contribution < 1.29 is 38.0 Å². The summed E-state index contributed by atoms with van der Waals surface area (Å²) >= 11 is 0. The van der Waals surface area contributed by atoms with E-state index in [2.05, 4.69) is 5.32 Å². The lowest BCUT2D eigenvalue weighted by Crippen LogP contribution is -2.48. The van der Waals surface area contributed by atoms with Gasteiger partial charge in [-0.15, -0.1) is 0 Å². The number of aliphatic imine (C=N–C) groups is 1. The number of hydrogen-bond donors (Lipinski definition) is 2. The molecule has 0 aromatic heterocycles. The van der Waals surface area contributed by atoms with Crippen LogP contribution in [-0.4, -0.2) is 54.3 Å². The lowest BCUT2D eigenvalue weighted by atomic mass is 9.83. The van der Waals surface area contributed by atoms with E-state index in [1.54, 1.807) is 87.5 Å². The maximum absolute atomic E-state index is 14.5. The van der Waals surface area contributed by atoms with Crippen LogP contribution in [0.25, 0.3) is 0 Å². The summed E-state index contributed by atoms with van der Waals surface area (Å²) in [4.78, 5) is 32.0. The first-order chi connectivity index (χ1) is 21.0. The van der Waals surface area contributed by atoms with Crippen LogP contribution in [0.1, 0.15) is 62.8 Å². The Kier molecular flexibility index (Phi) is 10.6. The molecule has 3 aromatic carbocycles. The smallest absolute Gasteiger partial charge is 0.306 e. The summed E-state index contributed by atoms with van der Waals surface area (Å²) in [6, 6.07) is 20.3. The molecule has 9 nitrogen and oxygen atoms in total. The van der Waals surface area contributed by atoms with Crippen LogP contribution in [0, 0.1) is 5.82 Å². The van der Waals surface area contributed by atoms with Crippen molar-refractivity contribution in [3.63, 3.8) is 0 Å². The molecule has 0 aliphatic carbocycles. The van der Waals surface area contributed by atoms with Crippen molar-refractivity contribution in [3.8, 4) is 11.5 Å². The van der Waals surface area contributed by atoms with Crippen molar-refractivity contribution in [2.45, 2.75) is 63.8 Å². The van der Waals surface area contributed by atoms with Gasteiger partial charge in [-0.05, 0) is 75.2 Å². The third-order valence-electron chi connectivity index (χ3n) is 6.95. The van der Waals surface area contributed by atoms with Crippen LogP contribution < -0.4 is 14.8 Å². The molecule has 0 spiro atoms. The Hall–Kier alpha value is -4.44. The normalized spacial score (nSPS) is 17.8. The van der Waals surface area contributed by atoms with E-state index in [0.29, 0.717) is 41.2 Å². The molecule has 0 saturated heterocycles. The fraction of sp³-hybridized carbons (Fsp3) is 0.382. The van der Waals surface area contributed by atoms with Gasteiger partial charge < -0.3 is 29.4 Å². The number of methoxy groups -OCH3 is 1. The number of aliphatic hydroxyl groups is 1. The van der Waals surface area contributed by atoms with Crippen LogP contribution in [0.15, 0.2) is 77.8 Å². The van der Waals surface area contributed by atoms with Gasteiger partial charge >= 0.3 is 5.97 Å². The predicted molar refractivity (Wildman–Crippen MR) is 163 cm³/mol. The van der Waals surface area contributed by atoms with Gasteiger partial charge in [0.2, 0.25) is 5.90 Å². The fourth-order valence-corrected chi connectivity index (χ4v) is 4.83. The summed E-state index contributed by atoms with van der Waals surface area (Å²) in [5.74, 6) is -0.119. The summed E-state index contributed by atoms with van der Waals surface area (Å²) in [7, 11) is 1.54. The number of amides is 1. The number of nitrogens with zero attached hydrogens (tertiary/aromatic N) is 1. The second kappa shape index (κ2) is 14.4. The number of esters is 1. The first-order valence-corrected chi connectivity index (χ1v) is 14.5. The summed E-state index contributed by atoms with van der Waals surface area (Å²) in [6.45, 7) is 5.61. The molecule has 44 heavy (non-hydrogen) atoms. The number of hydrogen-bond acceptors (Lipinski definition) is 8. The average molecular weight is 607 g/mol. The minimum Gasteiger partial charge on any atom is -0.497 e. The van der Waals surface area contributed by atoms with E-state index in [-0.39, 0.29) is 31.9 Å². The SMILES string of the molecule is COc1cccc([C@H]2OC(c3ccc(OCCCO)cc3)=N[C@@]2(CCC(=O)OC(C)(C)C)C(=O)NCc2ccccc2F)c1. The van der Waals surface area contributed by atoms with Crippen molar-refractivity contribution in [2.24, 2.45) is 4.99 Å². The van der Waals surface area contributed by atoms with E-state index in [9.17, 15) is 14.0 Å². The lowest BCUT2D eigenvalue weighted by Gasteiger charge is -2.31. The number of carbonyl (C=O) groups excluding carboxylic acids is 2. The third-order valence-corrected chi connectivity index (χ3v) is 6.95. The van der Waals surface area contributed by atoms with E-state index in [4.69, 9.17) is 29.0 Å². The van der Waals surface area contributed by atoms with Gasteiger partial charge in [0.1, 0.15) is 22.9 Å². The van der Waals surface area contributed by atoms with E-state index in [1.807, 2.05) is 0 Å². The number of halogens is 1. The Balaban J connectivity index is 1.74. The van der Waals surface area contributed by atoms with Gasteiger partial charge in [0.25, 0.3) is 5.91 Å². The zero-order valence-corrected chi connectivity index (χ0v) is 25.5. The topological polar surface area (TPSA) is 116 Å². The molecule has 0 fully saturated rings. The van der Waals surface area contributed by atoms with Crippen LogP contribution in [-0.2, 0) is 25.6 Å². The minimum atomic E-state index is -1.61. The summed E-state index contributed by atoms with van der Waals surface area (Å²) in [5, 5.41) is 11.9. The number of aliphatic hydroxyl groups excluding tert-OH is 1. The van der Waals surface area contributed by atoms with E-state index in [0.717, 1.165) is 0 Å². The fourth-order valence-electron chi connectivity index (χ4n) is 4.83. The molecular weight excluding hydrogens is 567 g/mol. The largest absolute Gasteiger partial charge is 0.497 e. The van der Waals surface area contributed by atoms with Crippen LogP contribution in [0.4, 0.5) is 4.39 Å². The zero-order chi connectivity index (χ0) is 31.7. The highest BCUT2D eigenvalue weighted by molar-refractivity contribution is 6.01. The standard InChI is InChI=1S/C34H39FN2O7/c1-33(2,3)44-29(39)17-18-34(32(40)36-22-25-9-5-6-12-28(25)35)30(24-10-7-11-27(21-24)41-4)43-31(37-34)23-13-15-26(16-14-23)42-20-8-19-38/h5-7,9-16,21,30,38H,8,17-20,22H2,1-4H3,(H,36,40)/t30-,34-/m1/s1. The van der Waals surface area contributed by atoms with Crippen molar-refractivity contribution in [3.05, 3.63) is 95.3 Å². The highest BCUT2D eigenvalue weighted by Crippen LogP contribution is 2.44. The maximum atomic E-state index is 14.5. The van der Waals surface area contributed by atoms with Crippen LogP contribution in [0.5, 0.6) is 11.5 Å². The van der Waals surface area contributed by atoms with Gasteiger partial charge in [0.05, 0.1) is 13.7 Å². The Morgan fingerprint density at radius 2 is 1.80 bits per heavy atom. The van der Waals surface area contributed by atoms with Gasteiger partial charge in [0.15, 0.2) is 11.6 Å². The Morgan fingerprint density at radius 3 is 2.48 bits per heavy atom. The average Bonchev–Trinajstić information content (AvgIpc) is 3.40. The van der Waals surface area contributed by atoms with Gasteiger partial charge in [0, 0.05) is 37.1 Å². The second-order valence-electron chi connectivity index (χ2n) is 11.4. The number of benzene rings is 3. The lowest BCUT2D eigenvalue weighted by molar-refractivity contribution is -0.155. The van der Waals surface area contributed by atoms with Crippen LogP contribution in [0.3, 0.4) is 0 Å². The third kappa shape index (κ3) is 8.13. The molecule has 0 unspecified atom stereocenters. The number of carbonyl (C=O) groups is 2. The first kappa shape index (κ1) is 32.5. The van der Waals surface area contributed by atoms with Crippen molar-refractivity contribution in [1.82, 2.24) is 5.32 Å². The van der Waals surface area contributed by atoms with Crippen molar-refractivity contribution >= 4 is 17.8 Å². The molecule has 0 bridgehead atoms. The molecule has 0 saturated carbocycles. The van der Waals surface area contributed by atoms with Crippen molar-refractivity contribution in [1.29, 1.82) is 0 Å². The number of rotatable bonds is 13. The highest BCUT2D eigenvalue weighted by Gasteiger charge is 2.53. The molecule has 0 radical (unpaired) electrons. The molecule has 4 rings (SSSR count). The molecule has 1 heterocycles. The van der Waals surface area contributed by atoms with E-state index < -0.39 is 34.9 Å². The summed E-state index contributed by atoms with van der Waals surface area (Å²) in [5.41, 5.74) is -0.822. The maximum Gasteiger partial charge on any atom is 0.306 e. The van der Waals surface area contributed by atoms with Crippen LogP contribution >= 0.6 is 0 Å². The van der Waals surface area contributed by atoms with E-state index >= 15 is 0 Å². The Morgan fingerprint density at radius 1 is 1.05 bits per heavy atom. The summed E-state index contributed by atoms with van der Waals surface area (Å²) in [6.07, 6.45) is -0.611. The molecular formula is C34H39FN2O7. The molecule has 3 aromatic rings. The van der Waals surface area contributed by atoms with Gasteiger partial charge in [-0.25, -0.2) is 9.38 Å². The Bertz CT molecular complexity index is 1470. The van der Waals surface area contributed by atoms with Gasteiger partial charge in [-0.3, -0.25) is 9.59 Å². The Labute approximate surface area is 257 Å². The van der Waals surface area contributed by atoms with Gasteiger partial charge in [-0.2, -0.15) is 0 Å². The molecule has 1 aliphatic heterocycles. The quantitative estimate of drug-likeness (QED) is 0.201. The minimum absolute atomic E-state index is 0.0265. The molecule has 234 valence electrons. The van der Waals surface area contributed by atoms with Crippen LogP contribution in [0.2, 0.25) is 0 Å².